The molecule has 2 aliphatic heterocycles. The molecule has 9 heteroatoms. The summed E-state index contributed by atoms with van der Waals surface area (Å²) in [6.07, 6.45) is -2.71. The van der Waals surface area contributed by atoms with E-state index in [1.165, 1.54) is 4.90 Å². The number of aliphatic carboxylic acids is 1. The lowest BCUT2D eigenvalue weighted by Gasteiger charge is -2.38. The van der Waals surface area contributed by atoms with Crippen molar-refractivity contribution in [3.05, 3.63) is 0 Å². The fourth-order valence-electron chi connectivity index (χ4n) is 2.26. The standard InChI is InChI=1S/C11H17NO7.H3N/c13-7-5-8(19-11(17,6-7)10(15)16)9(14)12-1-3-18-4-2-12;/h7-8,13,17H,1-6H2,(H,15,16);1H3/p+1. The van der Waals surface area contributed by atoms with E-state index in [1.807, 2.05) is 0 Å². The summed E-state index contributed by atoms with van der Waals surface area (Å²) in [5, 5.41) is 28.3. The summed E-state index contributed by atoms with van der Waals surface area (Å²) in [5.41, 5.74) is 0. The summed E-state index contributed by atoms with van der Waals surface area (Å²) in [7, 11) is 0. The number of hydrogen-bond acceptors (Lipinski definition) is 6. The number of morpholine rings is 1. The van der Waals surface area contributed by atoms with Crippen LogP contribution < -0.4 is 6.15 Å². The fourth-order valence-corrected chi connectivity index (χ4v) is 2.26. The van der Waals surface area contributed by atoms with Crippen molar-refractivity contribution in [2.45, 2.75) is 30.8 Å². The fraction of sp³-hybridized carbons (Fsp3) is 0.818. The molecule has 2 rings (SSSR count). The maximum atomic E-state index is 12.1. The maximum Gasteiger partial charge on any atom is 0.364 e. The van der Waals surface area contributed by atoms with Gasteiger partial charge < -0.3 is 35.8 Å². The molecule has 2 fully saturated rings. The van der Waals surface area contributed by atoms with Crippen molar-refractivity contribution in [1.82, 2.24) is 11.1 Å². The molecule has 116 valence electrons. The summed E-state index contributed by atoms with van der Waals surface area (Å²) in [5.74, 6) is -4.54. The highest BCUT2D eigenvalue weighted by Crippen LogP contribution is 2.28. The molecule has 0 radical (unpaired) electrons. The Morgan fingerprint density at radius 2 is 1.85 bits per heavy atom. The van der Waals surface area contributed by atoms with Crippen LogP contribution in [0.4, 0.5) is 0 Å². The average molecular weight is 293 g/mol. The third kappa shape index (κ3) is 3.44. The van der Waals surface area contributed by atoms with Gasteiger partial charge in [0.05, 0.1) is 19.3 Å². The molecule has 20 heavy (non-hydrogen) atoms. The van der Waals surface area contributed by atoms with Crippen LogP contribution in [0.5, 0.6) is 0 Å². The van der Waals surface area contributed by atoms with E-state index in [9.17, 15) is 19.8 Å². The molecule has 0 aromatic carbocycles. The molecular weight excluding hydrogens is 272 g/mol. The molecule has 2 aliphatic rings. The zero-order chi connectivity index (χ0) is 14.0. The zero-order valence-corrected chi connectivity index (χ0v) is 11.3. The Kier molecular flexibility index (Phi) is 5.42. The van der Waals surface area contributed by atoms with Crippen LogP contribution in [0.2, 0.25) is 0 Å². The summed E-state index contributed by atoms with van der Waals surface area (Å²) in [4.78, 5) is 24.6. The first-order valence-corrected chi connectivity index (χ1v) is 6.10. The van der Waals surface area contributed by atoms with Crippen LogP contribution in [0.15, 0.2) is 0 Å². The second-order valence-electron chi connectivity index (χ2n) is 4.73. The normalized spacial score (nSPS) is 34.2. The molecule has 7 N–H and O–H groups in total. The Labute approximate surface area is 115 Å². The van der Waals surface area contributed by atoms with Crippen LogP contribution in [0.1, 0.15) is 12.8 Å². The summed E-state index contributed by atoms with van der Waals surface area (Å²) in [6.45, 7) is 1.59. The lowest BCUT2D eigenvalue weighted by atomic mass is 9.97. The SMILES string of the molecule is O=C(C1CC(O)CC(O)(C(=O)O)O1)N1CCOCC1.[NH4+]. The highest BCUT2D eigenvalue weighted by Gasteiger charge is 2.48. The Morgan fingerprint density at radius 3 is 2.40 bits per heavy atom. The first-order chi connectivity index (χ1) is 8.92. The summed E-state index contributed by atoms with van der Waals surface area (Å²) >= 11 is 0. The van der Waals surface area contributed by atoms with E-state index in [4.69, 9.17) is 14.6 Å². The second-order valence-corrected chi connectivity index (χ2v) is 4.73. The lowest BCUT2D eigenvalue weighted by molar-refractivity contribution is -0.268. The van der Waals surface area contributed by atoms with Gasteiger partial charge >= 0.3 is 5.97 Å². The predicted octanol–water partition coefficient (Wildman–Crippen LogP) is -1.47. The van der Waals surface area contributed by atoms with E-state index in [0.29, 0.717) is 26.3 Å². The number of carboxylic acids is 1. The van der Waals surface area contributed by atoms with Crippen LogP contribution in [0.25, 0.3) is 0 Å². The van der Waals surface area contributed by atoms with Gasteiger partial charge in [0.2, 0.25) is 0 Å². The highest BCUT2D eigenvalue weighted by atomic mass is 16.7. The van der Waals surface area contributed by atoms with Gasteiger partial charge in [-0.25, -0.2) is 4.79 Å². The number of hydrogen-bond donors (Lipinski definition) is 4. The van der Waals surface area contributed by atoms with Crippen LogP contribution in [0, 0.1) is 0 Å². The first-order valence-electron chi connectivity index (χ1n) is 6.10. The van der Waals surface area contributed by atoms with E-state index < -0.39 is 36.3 Å². The molecule has 3 unspecified atom stereocenters. The van der Waals surface area contributed by atoms with Gasteiger partial charge in [-0.05, 0) is 0 Å². The monoisotopic (exact) mass is 293 g/mol. The minimum absolute atomic E-state index is 0. The Bertz CT molecular complexity index is 372. The van der Waals surface area contributed by atoms with Crippen LogP contribution in [-0.2, 0) is 19.1 Å². The number of carbonyl (C=O) groups excluding carboxylic acids is 1. The zero-order valence-electron chi connectivity index (χ0n) is 11.3. The van der Waals surface area contributed by atoms with Crippen molar-refractivity contribution >= 4 is 11.9 Å². The molecule has 0 spiro atoms. The Hall–Kier alpha value is -1.26. The third-order valence-corrected chi connectivity index (χ3v) is 3.27. The molecule has 2 heterocycles. The van der Waals surface area contributed by atoms with Crippen LogP contribution >= 0.6 is 0 Å². The van der Waals surface area contributed by atoms with Gasteiger partial charge in [-0.2, -0.15) is 0 Å². The number of aliphatic hydroxyl groups is 2. The molecule has 3 atom stereocenters. The van der Waals surface area contributed by atoms with Gasteiger partial charge in [0, 0.05) is 25.9 Å². The van der Waals surface area contributed by atoms with Crippen molar-refractivity contribution in [2.24, 2.45) is 0 Å². The molecule has 0 aromatic heterocycles. The van der Waals surface area contributed by atoms with Crippen molar-refractivity contribution in [3.8, 4) is 0 Å². The minimum atomic E-state index is -2.51. The van der Waals surface area contributed by atoms with Gasteiger partial charge in [-0.15, -0.1) is 0 Å². The highest BCUT2D eigenvalue weighted by molar-refractivity contribution is 5.83. The van der Waals surface area contributed by atoms with E-state index in [0.717, 1.165) is 0 Å². The second kappa shape index (κ2) is 6.46. The topological polar surface area (TPSA) is 153 Å². The molecular formula is C11H21N2O7+. The number of carboxylic acid groups (broad SMARTS) is 1. The first kappa shape index (κ1) is 16.8. The average Bonchev–Trinajstić information content (AvgIpc) is 2.37. The van der Waals surface area contributed by atoms with Gasteiger partial charge in [-0.1, -0.05) is 0 Å². The smallest absolute Gasteiger partial charge is 0.364 e. The number of aliphatic hydroxyl groups excluding tert-OH is 1. The van der Waals surface area contributed by atoms with Gasteiger partial charge in [0.25, 0.3) is 11.7 Å². The van der Waals surface area contributed by atoms with Crippen LogP contribution in [-0.4, -0.2) is 76.4 Å². The van der Waals surface area contributed by atoms with Crippen molar-refractivity contribution < 1.29 is 34.4 Å². The quantitative estimate of drug-likeness (QED) is 0.485. The Morgan fingerprint density at radius 1 is 1.25 bits per heavy atom. The molecule has 0 aromatic rings. The van der Waals surface area contributed by atoms with E-state index in [1.54, 1.807) is 0 Å². The number of rotatable bonds is 2. The van der Waals surface area contributed by atoms with Gasteiger partial charge in [0.15, 0.2) is 0 Å². The van der Waals surface area contributed by atoms with Crippen molar-refractivity contribution in [1.29, 1.82) is 0 Å². The number of quaternary nitrogens is 1. The van der Waals surface area contributed by atoms with Gasteiger partial charge in [0.1, 0.15) is 6.10 Å². The van der Waals surface area contributed by atoms with Crippen molar-refractivity contribution in [2.75, 3.05) is 26.3 Å². The minimum Gasteiger partial charge on any atom is -0.477 e. The Balaban J connectivity index is 0.00000200. The molecule has 2 saturated heterocycles. The lowest BCUT2D eigenvalue weighted by Crippen LogP contribution is -2.57. The maximum absolute atomic E-state index is 12.1. The van der Waals surface area contributed by atoms with Crippen molar-refractivity contribution in [3.63, 3.8) is 0 Å². The molecule has 0 bridgehead atoms. The molecule has 0 aliphatic carbocycles. The van der Waals surface area contributed by atoms with E-state index in [2.05, 4.69) is 0 Å². The molecule has 0 saturated carbocycles. The molecule has 1 amide bonds. The number of amides is 1. The van der Waals surface area contributed by atoms with Gasteiger partial charge in [-0.3, -0.25) is 4.79 Å². The van der Waals surface area contributed by atoms with E-state index in [-0.39, 0.29) is 12.6 Å². The number of nitrogens with zero attached hydrogens (tertiary/aromatic N) is 1. The van der Waals surface area contributed by atoms with Crippen LogP contribution in [0.3, 0.4) is 0 Å². The summed E-state index contributed by atoms with van der Waals surface area (Å²) < 4.78 is 10.1. The molecule has 9 nitrogen and oxygen atoms in total. The predicted molar refractivity (Wildman–Crippen MR) is 66.1 cm³/mol. The van der Waals surface area contributed by atoms with E-state index >= 15 is 0 Å². The number of ether oxygens (including phenoxy) is 2. The number of carbonyl (C=O) groups is 2. The summed E-state index contributed by atoms with van der Waals surface area (Å²) in [6, 6.07) is 0. The third-order valence-electron chi connectivity index (χ3n) is 3.27. The largest absolute Gasteiger partial charge is 0.477 e.